The maximum atomic E-state index is 12.7. The highest BCUT2D eigenvalue weighted by Crippen LogP contribution is 2.44. The topological polar surface area (TPSA) is 81.9 Å². The van der Waals surface area contributed by atoms with Gasteiger partial charge in [0.25, 0.3) is 5.69 Å². The minimum Gasteiger partial charge on any atom is -0.463 e. The molecule has 150 valence electrons. The van der Waals surface area contributed by atoms with E-state index in [1.807, 2.05) is 30.3 Å². The van der Waals surface area contributed by atoms with Gasteiger partial charge in [-0.25, -0.2) is 4.79 Å². The molecule has 0 unspecified atom stereocenters. The molecular formula is C22H22N2O5. The van der Waals surface area contributed by atoms with Gasteiger partial charge >= 0.3 is 5.97 Å². The first-order chi connectivity index (χ1) is 14.1. The van der Waals surface area contributed by atoms with Crippen LogP contribution in [0.4, 0.5) is 5.69 Å². The third kappa shape index (κ3) is 3.61. The Bertz CT molecular complexity index is 939. The van der Waals surface area contributed by atoms with Crippen molar-refractivity contribution in [3.8, 4) is 0 Å². The van der Waals surface area contributed by atoms with Gasteiger partial charge in [0, 0.05) is 12.1 Å². The zero-order valence-corrected chi connectivity index (χ0v) is 16.1. The third-order valence-corrected chi connectivity index (χ3v) is 5.34. The van der Waals surface area contributed by atoms with Gasteiger partial charge in [-0.3, -0.25) is 10.1 Å². The number of rotatable bonds is 5. The van der Waals surface area contributed by atoms with Crippen molar-refractivity contribution in [2.75, 3.05) is 13.2 Å². The summed E-state index contributed by atoms with van der Waals surface area (Å²) in [5.41, 5.74) is 3.18. The summed E-state index contributed by atoms with van der Waals surface area (Å²) in [5, 5.41) is 11.1. The summed E-state index contributed by atoms with van der Waals surface area (Å²) in [6.07, 6.45) is 1.07. The first-order valence-corrected chi connectivity index (χ1v) is 9.70. The molecule has 2 heterocycles. The molecular weight excluding hydrogens is 372 g/mol. The molecule has 2 aromatic carbocycles. The number of esters is 1. The average Bonchev–Trinajstić information content (AvgIpc) is 3.18. The van der Waals surface area contributed by atoms with Crippen molar-refractivity contribution in [1.29, 1.82) is 0 Å². The summed E-state index contributed by atoms with van der Waals surface area (Å²) in [7, 11) is 0. The fourth-order valence-electron chi connectivity index (χ4n) is 4.04. The van der Waals surface area contributed by atoms with Crippen LogP contribution >= 0.6 is 0 Å². The van der Waals surface area contributed by atoms with E-state index in [2.05, 4.69) is 4.90 Å². The molecule has 0 saturated carbocycles. The Kier molecular flexibility index (Phi) is 5.31. The van der Waals surface area contributed by atoms with Gasteiger partial charge in [-0.1, -0.05) is 30.3 Å². The smallest absolute Gasteiger partial charge is 0.336 e. The van der Waals surface area contributed by atoms with E-state index in [9.17, 15) is 14.9 Å². The molecule has 29 heavy (non-hydrogen) atoms. The number of ether oxygens (including phenoxy) is 2. The van der Waals surface area contributed by atoms with E-state index in [-0.39, 0.29) is 30.5 Å². The lowest BCUT2D eigenvalue weighted by Gasteiger charge is -2.37. The monoisotopic (exact) mass is 394 g/mol. The fraction of sp³-hybridized carbons (Fsp3) is 0.318. The van der Waals surface area contributed by atoms with Gasteiger partial charge in [0.2, 0.25) is 0 Å². The van der Waals surface area contributed by atoms with Gasteiger partial charge in [0.05, 0.1) is 35.4 Å². The molecule has 7 heteroatoms. The van der Waals surface area contributed by atoms with E-state index >= 15 is 0 Å². The van der Waals surface area contributed by atoms with Crippen molar-refractivity contribution >= 4 is 17.4 Å². The summed E-state index contributed by atoms with van der Waals surface area (Å²) in [4.78, 5) is 25.5. The third-order valence-electron chi connectivity index (χ3n) is 5.34. The second kappa shape index (κ2) is 8.05. The van der Waals surface area contributed by atoms with E-state index in [0.29, 0.717) is 25.0 Å². The molecule has 0 spiro atoms. The molecule has 2 aliphatic rings. The average molecular weight is 394 g/mol. The number of non-ortho nitro benzene ring substituents is 1. The molecule has 1 fully saturated rings. The van der Waals surface area contributed by atoms with Crippen molar-refractivity contribution in [2.45, 2.75) is 32.0 Å². The minimum atomic E-state index is -0.431. The molecule has 2 aromatic rings. The predicted molar refractivity (Wildman–Crippen MR) is 107 cm³/mol. The Hall–Kier alpha value is -3.19. The highest BCUT2D eigenvalue weighted by atomic mass is 16.6. The standard InChI is InChI=1S/C22H22N2O5/c1-2-28-22(25)18-12-13-20-23(19(14-29-20)15-6-4-3-5-7-15)21(18)16-8-10-17(11-9-16)24(26)27/h3-11,19-20H,2,12-14H2,1H3/t19-,20+/m0/s1. The Labute approximate surface area is 168 Å². The molecule has 4 rings (SSSR count). The van der Waals surface area contributed by atoms with E-state index in [1.54, 1.807) is 19.1 Å². The van der Waals surface area contributed by atoms with Crippen molar-refractivity contribution in [3.63, 3.8) is 0 Å². The second-order valence-electron chi connectivity index (χ2n) is 7.01. The van der Waals surface area contributed by atoms with Crippen LogP contribution in [0.25, 0.3) is 5.70 Å². The summed E-state index contributed by atoms with van der Waals surface area (Å²) in [6, 6.07) is 16.3. The Morgan fingerprint density at radius 2 is 1.93 bits per heavy atom. The number of nitro groups is 1. The fourth-order valence-corrected chi connectivity index (χ4v) is 4.04. The normalized spacial score (nSPS) is 21.1. The lowest BCUT2D eigenvalue weighted by Crippen LogP contribution is -2.36. The highest BCUT2D eigenvalue weighted by Gasteiger charge is 2.42. The van der Waals surface area contributed by atoms with Crippen LogP contribution in [-0.4, -0.2) is 35.2 Å². The van der Waals surface area contributed by atoms with E-state index < -0.39 is 4.92 Å². The summed E-state index contributed by atoms with van der Waals surface area (Å²) >= 11 is 0. The van der Waals surface area contributed by atoms with E-state index in [4.69, 9.17) is 9.47 Å². The lowest BCUT2D eigenvalue weighted by atomic mass is 9.93. The van der Waals surface area contributed by atoms with Crippen molar-refractivity contribution in [3.05, 3.63) is 81.4 Å². The molecule has 0 radical (unpaired) electrons. The van der Waals surface area contributed by atoms with Gasteiger partial charge in [0.1, 0.15) is 6.23 Å². The summed E-state index contributed by atoms with van der Waals surface area (Å²) in [6.45, 7) is 2.58. The molecule has 1 saturated heterocycles. The van der Waals surface area contributed by atoms with Gasteiger partial charge in [0.15, 0.2) is 0 Å². The largest absolute Gasteiger partial charge is 0.463 e. The number of benzene rings is 2. The van der Waals surface area contributed by atoms with Crippen molar-refractivity contribution < 1.29 is 19.2 Å². The number of fused-ring (bicyclic) bond motifs is 1. The van der Waals surface area contributed by atoms with Crippen LogP contribution in [0.15, 0.2) is 60.2 Å². The van der Waals surface area contributed by atoms with Gasteiger partial charge in [-0.15, -0.1) is 0 Å². The van der Waals surface area contributed by atoms with Crippen LogP contribution < -0.4 is 0 Å². The highest BCUT2D eigenvalue weighted by molar-refractivity contribution is 5.97. The Balaban J connectivity index is 1.82. The van der Waals surface area contributed by atoms with Crippen LogP contribution in [0.1, 0.15) is 36.9 Å². The van der Waals surface area contributed by atoms with Crippen molar-refractivity contribution in [2.24, 2.45) is 0 Å². The van der Waals surface area contributed by atoms with Crippen LogP contribution in [0.2, 0.25) is 0 Å². The molecule has 0 aliphatic carbocycles. The summed E-state index contributed by atoms with van der Waals surface area (Å²) in [5.74, 6) is -0.349. The maximum Gasteiger partial charge on any atom is 0.336 e. The predicted octanol–water partition coefficient (Wildman–Crippen LogP) is 4.06. The van der Waals surface area contributed by atoms with Crippen LogP contribution in [0.5, 0.6) is 0 Å². The molecule has 2 aliphatic heterocycles. The quantitative estimate of drug-likeness (QED) is 0.432. The number of nitro benzene ring substituents is 1. The number of hydrogen-bond donors (Lipinski definition) is 0. The molecule has 0 bridgehead atoms. The van der Waals surface area contributed by atoms with Gasteiger partial charge in [-0.2, -0.15) is 0 Å². The number of carbonyl (C=O) groups is 1. The molecule has 0 aromatic heterocycles. The van der Waals surface area contributed by atoms with Crippen LogP contribution in [0, 0.1) is 10.1 Å². The van der Waals surface area contributed by atoms with Gasteiger partial charge < -0.3 is 14.4 Å². The van der Waals surface area contributed by atoms with Gasteiger partial charge in [-0.05, 0) is 43.0 Å². The number of carbonyl (C=O) groups excluding carboxylic acids is 1. The number of hydrogen-bond acceptors (Lipinski definition) is 6. The molecule has 7 nitrogen and oxygen atoms in total. The first kappa shape index (κ1) is 19.1. The van der Waals surface area contributed by atoms with E-state index in [1.165, 1.54) is 12.1 Å². The SMILES string of the molecule is CCOC(=O)C1=C(c2ccc([N+](=O)[O-])cc2)N2[C@@H](CC1)OC[C@H]2c1ccccc1. The Morgan fingerprint density at radius 3 is 2.59 bits per heavy atom. The zero-order valence-electron chi connectivity index (χ0n) is 16.1. The van der Waals surface area contributed by atoms with Crippen LogP contribution in [0.3, 0.4) is 0 Å². The molecule has 2 atom stereocenters. The molecule has 0 N–H and O–H groups in total. The molecule has 0 amide bonds. The van der Waals surface area contributed by atoms with E-state index in [0.717, 1.165) is 16.8 Å². The summed E-state index contributed by atoms with van der Waals surface area (Å²) < 4.78 is 11.4. The maximum absolute atomic E-state index is 12.7. The zero-order chi connectivity index (χ0) is 20.4. The minimum absolute atomic E-state index is 0.0108. The lowest BCUT2D eigenvalue weighted by molar-refractivity contribution is -0.384. The number of nitrogens with zero attached hydrogens (tertiary/aromatic N) is 2. The van der Waals surface area contributed by atoms with Crippen molar-refractivity contribution in [1.82, 2.24) is 4.90 Å². The second-order valence-corrected chi connectivity index (χ2v) is 7.01. The Morgan fingerprint density at radius 1 is 1.21 bits per heavy atom. The first-order valence-electron chi connectivity index (χ1n) is 9.70. The van der Waals surface area contributed by atoms with Crippen LogP contribution in [-0.2, 0) is 14.3 Å².